The Labute approximate surface area is 131 Å². The van der Waals surface area contributed by atoms with Crippen molar-refractivity contribution in [2.24, 2.45) is 0 Å². The smallest absolute Gasteiger partial charge is 0.253 e. The Kier molecular flexibility index (Phi) is 5.17. The number of carbonyl (C=O) groups is 1. The molecular weight excluding hydrogens is 276 g/mol. The molecule has 22 heavy (non-hydrogen) atoms. The van der Waals surface area contributed by atoms with Crippen LogP contribution >= 0.6 is 0 Å². The molecule has 2 aromatic carbocycles. The average molecular weight is 298 g/mol. The third kappa shape index (κ3) is 3.86. The molecule has 1 unspecified atom stereocenters. The normalized spacial score (nSPS) is 11.8. The molecule has 0 aromatic heterocycles. The highest BCUT2D eigenvalue weighted by Crippen LogP contribution is 2.25. The molecule has 0 aliphatic heterocycles. The second kappa shape index (κ2) is 7.09. The number of anilines is 2. The first kappa shape index (κ1) is 16.0. The predicted octanol–water partition coefficient (Wildman–Crippen LogP) is 3.16. The summed E-state index contributed by atoms with van der Waals surface area (Å²) in [5, 5.41) is 15.3. The fraction of sp³-hybridized carbons (Fsp3) is 0.278. The molecule has 0 spiro atoms. The van der Waals surface area contributed by atoms with E-state index in [4.69, 9.17) is 0 Å². The zero-order valence-corrected chi connectivity index (χ0v) is 13.2. The minimum Gasteiger partial charge on any atom is -0.392 e. The summed E-state index contributed by atoms with van der Waals surface area (Å²) in [4.78, 5) is 12.2. The Morgan fingerprint density at radius 1 is 1.09 bits per heavy atom. The lowest BCUT2D eigenvalue weighted by atomic mass is 10.1. The van der Waals surface area contributed by atoms with Gasteiger partial charge in [-0.2, -0.15) is 0 Å². The van der Waals surface area contributed by atoms with Crippen molar-refractivity contribution >= 4 is 17.3 Å². The number of aliphatic hydroxyl groups is 1. The van der Waals surface area contributed by atoms with Gasteiger partial charge in [-0.05, 0) is 50.1 Å². The molecular formula is C18H22N2O2. The van der Waals surface area contributed by atoms with E-state index in [-0.39, 0.29) is 12.5 Å². The van der Waals surface area contributed by atoms with E-state index in [0.29, 0.717) is 5.56 Å². The second-order valence-electron chi connectivity index (χ2n) is 5.48. The summed E-state index contributed by atoms with van der Waals surface area (Å²) in [6, 6.07) is 13.4. The van der Waals surface area contributed by atoms with Crippen molar-refractivity contribution in [3.8, 4) is 0 Å². The summed E-state index contributed by atoms with van der Waals surface area (Å²) in [6.07, 6.45) is -0.567. The molecule has 116 valence electrons. The van der Waals surface area contributed by atoms with E-state index < -0.39 is 6.10 Å². The Hall–Kier alpha value is -2.33. The molecule has 1 amide bonds. The molecule has 4 heteroatoms. The van der Waals surface area contributed by atoms with Gasteiger partial charge in [0.1, 0.15) is 0 Å². The maximum absolute atomic E-state index is 12.2. The number of aryl methyl sites for hydroxylation is 1. The van der Waals surface area contributed by atoms with Gasteiger partial charge in [-0.15, -0.1) is 0 Å². The van der Waals surface area contributed by atoms with Gasteiger partial charge in [0.25, 0.3) is 5.91 Å². The maximum atomic E-state index is 12.2. The molecule has 0 heterocycles. The van der Waals surface area contributed by atoms with E-state index in [2.05, 4.69) is 23.6 Å². The number of amides is 1. The average Bonchev–Trinajstić information content (AvgIpc) is 2.50. The SMILES string of the molecule is Cc1cccc(Nc2ccccc2C(=O)NCC(C)O)c1C. The number of benzene rings is 2. The number of rotatable bonds is 5. The first-order valence-corrected chi connectivity index (χ1v) is 7.37. The molecule has 0 saturated heterocycles. The van der Waals surface area contributed by atoms with E-state index in [1.807, 2.05) is 37.3 Å². The van der Waals surface area contributed by atoms with E-state index in [1.165, 1.54) is 5.56 Å². The van der Waals surface area contributed by atoms with Crippen LogP contribution in [0, 0.1) is 13.8 Å². The third-order valence-electron chi connectivity index (χ3n) is 3.60. The zero-order chi connectivity index (χ0) is 16.1. The lowest BCUT2D eigenvalue weighted by molar-refractivity contribution is 0.0925. The second-order valence-corrected chi connectivity index (χ2v) is 5.48. The standard InChI is InChI=1S/C18H22N2O2/c1-12-7-6-10-16(14(12)3)20-17-9-5-4-8-15(17)18(22)19-11-13(2)21/h4-10,13,20-21H,11H2,1-3H3,(H,19,22). The number of hydrogen-bond acceptors (Lipinski definition) is 3. The number of aliphatic hydroxyl groups excluding tert-OH is 1. The fourth-order valence-electron chi connectivity index (χ4n) is 2.16. The van der Waals surface area contributed by atoms with E-state index in [9.17, 15) is 9.90 Å². The first-order valence-electron chi connectivity index (χ1n) is 7.37. The van der Waals surface area contributed by atoms with Crippen LogP contribution in [0.4, 0.5) is 11.4 Å². The van der Waals surface area contributed by atoms with Crippen LogP contribution in [0.15, 0.2) is 42.5 Å². The van der Waals surface area contributed by atoms with E-state index in [0.717, 1.165) is 16.9 Å². The van der Waals surface area contributed by atoms with Gasteiger partial charge in [-0.3, -0.25) is 4.79 Å². The van der Waals surface area contributed by atoms with Gasteiger partial charge in [0, 0.05) is 12.2 Å². The summed E-state index contributed by atoms with van der Waals surface area (Å²) in [5.41, 5.74) is 4.64. The highest BCUT2D eigenvalue weighted by Gasteiger charge is 2.12. The first-order chi connectivity index (χ1) is 10.5. The van der Waals surface area contributed by atoms with Crippen LogP contribution in [0.2, 0.25) is 0 Å². The van der Waals surface area contributed by atoms with Gasteiger partial charge in [-0.25, -0.2) is 0 Å². The molecule has 2 rings (SSSR count). The monoisotopic (exact) mass is 298 g/mol. The highest BCUT2D eigenvalue weighted by molar-refractivity contribution is 6.00. The van der Waals surface area contributed by atoms with E-state index >= 15 is 0 Å². The Bertz CT molecular complexity index is 666. The molecule has 3 N–H and O–H groups in total. The molecule has 0 saturated carbocycles. The Morgan fingerprint density at radius 3 is 2.50 bits per heavy atom. The van der Waals surface area contributed by atoms with Crippen LogP contribution in [0.3, 0.4) is 0 Å². The summed E-state index contributed by atoms with van der Waals surface area (Å²) in [6.45, 7) is 5.98. The highest BCUT2D eigenvalue weighted by atomic mass is 16.3. The quantitative estimate of drug-likeness (QED) is 0.794. The molecule has 1 atom stereocenters. The van der Waals surface area contributed by atoms with Gasteiger partial charge in [-0.1, -0.05) is 24.3 Å². The number of para-hydroxylation sites is 1. The van der Waals surface area contributed by atoms with Gasteiger partial charge < -0.3 is 15.7 Å². The van der Waals surface area contributed by atoms with Gasteiger partial charge in [0.2, 0.25) is 0 Å². The van der Waals surface area contributed by atoms with Crippen LogP contribution < -0.4 is 10.6 Å². The van der Waals surface area contributed by atoms with Crippen molar-refractivity contribution in [3.05, 3.63) is 59.2 Å². The van der Waals surface area contributed by atoms with Gasteiger partial charge >= 0.3 is 0 Å². The molecule has 0 bridgehead atoms. The number of nitrogens with one attached hydrogen (secondary N) is 2. The maximum Gasteiger partial charge on any atom is 0.253 e. The lowest BCUT2D eigenvalue weighted by Gasteiger charge is -2.15. The van der Waals surface area contributed by atoms with Crippen molar-refractivity contribution in [1.29, 1.82) is 0 Å². The minimum atomic E-state index is -0.567. The molecule has 0 radical (unpaired) electrons. The van der Waals surface area contributed by atoms with Crippen molar-refractivity contribution in [2.75, 3.05) is 11.9 Å². The zero-order valence-electron chi connectivity index (χ0n) is 13.2. The van der Waals surface area contributed by atoms with Crippen molar-refractivity contribution < 1.29 is 9.90 Å². The van der Waals surface area contributed by atoms with E-state index in [1.54, 1.807) is 13.0 Å². The van der Waals surface area contributed by atoms with Crippen LogP contribution in [-0.4, -0.2) is 23.7 Å². The Morgan fingerprint density at radius 2 is 1.77 bits per heavy atom. The van der Waals surface area contributed by atoms with Crippen LogP contribution in [-0.2, 0) is 0 Å². The topological polar surface area (TPSA) is 61.4 Å². The van der Waals surface area contributed by atoms with Crippen LogP contribution in [0.25, 0.3) is 0 Å². The lowest BCUT2D eigenvalue weighted by Crippen LogP contribution is -2.30. The summed E-state index contributed by atoms with van der Waals surface area (Å²) < 4.78 is 0. The molecule has 4 nitrogen and oxygen atoms in total. The summed E-state index contributed by atoms with van der Waals surface area (Å²) in [7, 11) is 0. The summed E-state index contributed by atoms with van der Waals surface area (Å²) in [5.74, 6) is -0.200. The van der Waals surface area contributed by atoms with Gasteiger partial charge in [0.15, 0.2) is 0 Å². The largest absolute Gasteiger partial charge is 0.392 e. The van der Waals surface area contributed by atoms with Crippen molar-refractivity contribution in [3.63, 3.8) is 0 Å². The van der Waals surface area contributed by atoms with Gasteiger partial charge in [0.05, 0.1) is 17.4 Å². The Balaban J connectivity index is 2.25. The van der Waals surface area contributed by atoms with Crippen LogP contribution in [0.5, 0.6) is 0 Å². The molecule has 2 aromatic rings. The van der Waals surface area contributed by atoms with Crippen molar-refractivity contribution in [2.45, 2.75) is 26.9 Å². The predicted molar refractivity (Wildman–Crippen MR) is 89.7 cm³/mol. The minimum absolute atomic E-state index is 0.200. The fourth-order valence-corrected chi connectivity index (χ4v) is 2.16. The third-order valence-corrected chi connectivity index (χ3v) is 3.60. The molecule has 0 fully saturated rings. The van der Waals surface area contributed by atoms with Crippen LogP contribution in [0.1, 0.15) is 28.4 Å². The number of hydrogen-bond donors (Lipinski definition) is 3. The molecule has 0 aliphatic carbocycles. The molecule has 0 aliphatic rings. The number of carbonyl (C=O) groups excluding carboxylic acids is 1. The summed E-state index contributed by atoms with van der Waals surface area (Å²) >= 11 is 0. The van der Waals surface area contributed by atoms with Crippen molar-refractivity contribution in [1.82, 2.24) is 5.32 Å².